The molecule has 0 saturated carbocycles. The molecule has 1 saturated heterocycles. The fraction of sp³-hybridized carbons (Fsp3) is 1.00. The van der Waals surface area contributed by atoms with Crippen LogP contribution >= 0.6 is 0 Å². The maximum atomic E-state index is 12.0. The summed E-state index contributed by atoms with van der Waals surface area (Å²) < 4.78 is 40.1. The molecule has 0 bridgehead atoms. The first kappa shape index (κ1) is 26.7. The normalized spacial score (nSPS) is 28.0. The molecule has 0 spiro atoms. The van der Waals surface area contributed by atoms with Gasteiger partial charge in [-0.15, -0.1) is 0 Å². The molecular formula is C19H38O9S. The summed E-state index contributed by atoms with van der Waals surface area (Å²) in [5.74, 6) is -0.434. The lowest BCUT2D eigenvalue weighted by molar-refractivity contribution is -0.294. The predicted molar refractivity (Wildman–Crippen MR) is 107 cm³/mol. The summed E-state index contributed by atoms with van der Waals surface area (Å²) in [6, 6.07) is 0. The van der Waals surface area contributed by atoms with E-state index in [1.54, 1.807) is 0 Å². The van der Waals surface area contributed by atoms with Crippen molar-refractivity contribution in [3.05, 3.63) is 0 Å². The first-order chi connectivity index (χ1) is 13.9. The molecule has 0 aliphatic carbocycles. The predicted octanol–water partition coefficient (Wildman–Crippen LogP) is 0.680. The highest BCUT2D eigenvalue weighted by atomic mass is 32.2. The fourth-order valence-electron chi connectivity index (χ4n) is 3.19. The third-order valence-electron chi connectivity index (χ3n) is 4.91. The smallest absolute Gasteiger partial charge is 0.267 e. The van der Waals surface area contributed by atoms with Gasteiger partial charge in [0.1, 0.15) is 18.3 Å². The van der Waals surface area contributed by atoms with E-state index in [9.17, 15) is 23.7 Å². The number of rotatable bonds is 16. The average Bonchev–Trinajstić information content (AvgIpc) is 2.70. The van der Waals surface area contributed by atoms with Gasteiger partial charge in [-0.05, 0) is 12.8 Å². The minimum Gasteiger partial charge on any atom is -0.396 e. The van der Waals surface area contributed by atoms with Gasteiger partial charge < -0.3 is 29.9 Å². The summed E-state index contributed by atoms with van der Waals surface area (Å²) in [4.78, 5) is 0. The zero-order valence-electron chi connectivity index (χ0n) is 17.3. The number of hydrogen-bond donors (Lipinski definition) is 4. The second-order valence-corrected chi connectivity index (χ2v) is 9.17. The highest BCUT2D eigenvalue weighted by Gasteiger charge is 2.47. The Bertz CT molecular complexity index is 514. The Balaban J connectivity index is 2.53. The van der Waals surface area contributed by atoms with Crippen LogP contribution in [0.5, 0.6) is 0 Å². The molecule has 1 aliphatic heterocycles. The Kier molecular flexibility index (Phi) is 13.5. The highest BCUT2D eigenvalue weighted by molar-refractivity contribution is 7.86. The lowest BCUT2D eigenvalue weighted by Crippen LogP contribution is -2.60. The molecule has 29 heavy (non-hydrogen) atoms. The van der Waals surface area contributed by atoms with Crippen molar-refractivity contribution in [1.29, 1.82) is 0 Å². The molecule has 174 valence electrons. The quantitative estimate of drug-likeness (QED) is 0.200. The van der Waals surface area contributed by atoms with Crippen molar-refractivity contribution in [1.82, 2.24) is 0 Å². The molecule has 4 N–H and O–H groups in total. The number of hydrogen-bond acceptors (Lipinski definition) is 9. The Hall–Kier alpha value is -0.330. The van der Waals surface area contributed by atoms with Crippen LogP contribution in [0.15, 0.2) is 0 Å². The third-order valence-corrected chi connectivity index (χ3v) is 6.22. The number of ether oxygens (including phenoxy) is 2. The van der Waals surface area contributed by atoms with Gasteiger partial charge in [0.15, 0.2) is 12.4 Å². The van der Waals surface area contributed by atoms with Crippen molar-refractivity contribution in [3.8, 4) is 0 Å². The molecule has 1 rings (SSSR count). The van der Waals surface area contributed by atoms with Crippen molar-refractivity contribution in [3.63, 3.8) is 0 Å². The number of aliphatic hydroxyl groups excluding tert-OH is 4. The summed E-state index contributed by atoms with van der Waals surface area (Å²) in [5.41, 5.74) is 0. The van der Waals surface area contributed by atoms with Crippen LogP contribution in [0.1, 0.15) is 64.7 Å². The van der Waals surface area contributed by atoms with E-state index < -0.39 is 53.2 Å². The first-order valence-electron chi connectivity index (χ1n) is 10.6. The number of aliphatic hydroxyl groups is 4. The lowest BCUT2D eigenvalue weighted by Gasteiger charge is -2.41. The van der Waals surface area contributed by atoms with Gasteiger partial charge in [0.25, 0.3) is 10.1 Å². The second kappa shape index (κ2) is 14.6. The van der Waals surface area contributed by atoms with Crippen LogP contribution in [-0.2, 0) is 23.8 Å². The van der Waals surface area contributed by atoms with E-state index in [2.05, 4.69) is 6.92 Å². The van der Waals surface area contributed by atoms with Crippen molar-refractivity contribution < 1.29 is 42.5 Å². The molecule has 1 heterocycles. The standard InChI is InChI=1S/C19H38O9S/c1-2-3-4-5-6-7-8-9-12-26-19-18(28-29(24,25)13-10-11-20)17(23)16(22)15(14-21)27-19/h15-23H,2-14H2,1H3/t15-,16-,17+,18-,19?/m1/s1. The molecule has 1 unspecified atom stereocenters. The van der Waals surface area contributed by atoms with E-state index >= 15 is 0 Å². The van der Waals surface area contributed by atoms with Crippen molar-refractivity contribution in [2.24, 2.45) is 0 Å². The van der Waals surface area contributed by atoms with Gasteiger partial charge in [-0.1, -0.05) is 51.9 Å². The molecule has 10 heteroatoms. The minimum atomic E-state index is -4.06. The van der Waals surface area contributed by atoms with E-state index in [-0.39, 0.29) is 19.6 Å². The lowest BCUT2D eigenvalue weighted by atomic mass is 9.99. The summed E-state index contributed by atoms with van der Waals surface area (Å²) in [5, 5.41) is 38.4. The zero-order valence-corrected chi connectivity index (χ0v) is 18.1. The van der Waals surface area contributed by atoms with Crippen molar-refractivity contribution in [2.75, 3.05) is 25.6 Å². The molecule has 0 radical (unpaired) electrons. The summed E-state index contributed by atoms with van der Waals surface area (Å²) in [6.45, 7) is 1.58. The summed E-state index contributed by atoms with van der Waals surface area (Å²) in [6.07, 6.45) is 1.92. The molecule has 0 amide bonds. The van der Waals surface area contributed by atoms with Gasteiger partial charge >= 0.3 is 0 Å². The van der Waals surface area contributed by atoms with Crippen LogP contribution < -0.4 is 0 Å². The van der Waals surface area contributed by atoms with E-state index in [0.717, 1.165) is 25.7 Å². The highest BCUT2D eigenvalue weighted by Crippen LogP contribution is 2.26. The maximum Gasteiger partial charge on any atom is 0.267 e. The van der Waals surface area contributed by atoms with Crippen LogP contribution in [0.2, 0.25) is 0 Å². The van der Waals surface area contributed by atoms with Gasteiger partial charge in [-0.3, -0.25) is 4.18 Å². The molecule has 0 aromatic rings. The van der Waals surface area contributed by atoms with Gasteiger partial charge in [0.2, 0.25) is 0 Å². The molecule has 1 aliphatic rings. The third kappa shape index (κ3) is 10.0. The van der Waals surface area contributed by atoms with Gasteiger partial charge in [0.05, 0.1) is 12.4 Å². The van der Waals surface area contributed by atoms with Crippen molar-refractivity contribution >= 4 is 10.1 Å². The fourth-order valence-corrected chi connectivity index (χ4v) is 4.31. The second-order valence-electron chi connectivity index (χ2n) is 7.45. The zero-order chi connectivity index (χ0) is 21.7. The summed E-state index contributed by atoms with van der Waals surface area (Å²) >= 11 is 0. The SMILES string of the molecule is CCCCCCCCCCOC1O[C@H](CO)[C@@H](O)[C@H](O)[C@H]1OS(=O)(=O)CCCO. The Morgan fingerprint density at radius 1 is 0.897 bits per heavy atom. The minimum absolute atomic E-state index is 0.0163. The maximum absolute atomic E-state index is 12.0. The first-order valence-corrected chi connectivity index (χ1v) is 12.2. The average molecular weight is 443 g/mol. The van der Waals surface area contributed by atoms with Gasteiger partial charge in [-0.2, -0.15) is 8.42 Å². The Morgan fingerprint density at radius 3 is 2.10 bits per heavy atom. The Labute approximate surface area is 174 Å². The van der Waals surface area contributed by atoms with E-state index in [1.165, 1.54) is 25.7 Å². The molecule has 0 aromatic carbocycles. The largest absolute Gasteiger partial charge is 0.396 e. The molecular weight excluding hydrogens is 404 g/mol. The van der Waals surface area contributed by atoms with E-state index in [0.29, 0.717) is 0 Å². The van der Waals surface area contributed by atoms with Gasteiger partial charge in [0, 0.05) is 13.2 Å². The van der Waals surface area contributed by atoms with Gasteiger partial charge in [-0.25, -0.2) is 0 Å². The van der Waals surface area contributed by atoms with E-state index in [1.807, 2.05) is 0 Å². The van der Waals surface area contributed by atoms with Crippen LogP contribution in [0, 0.1) is 0 Å². The van der Waals surface area contributed by atoms with Crippen molar-refractivity contribution in [2.45, 2.75) is 95.4 Å². The summed E-state index contributed by atoms with van der Waals surface area (Å²) in [7, 11) is -4.06. The molecule has 0 aromatic heterocycles. The number of unbranched alkanes of at least 4 members (excludes halogenated alkanes) is 7. The molecule has 5 atom stereocenters. The Morgan fingerprint density at radius 2 is 1.52 bits per heavy atom. The van der Waals surface area contributed by atoms with Crippen LogP contribution in [0.25, 0.3) is 0 Å². The van der Waals surface area contributed by atoms with E-state index in [4.69, 9.17) is 18.8 Å². The van der Waals surface area contributed by atoms with Crippen LogP contribution in [0.3, 0.4) is 0 Å². The monoisotopic (exact) mass is 442 g/mol. The molecule has 9 nitrogen and oxygen atoms in total. The molecule has 1 fully saturated rings. The van der Waals surface area contributed by atoms with Crippen LogP contribution in [0.4, 0.5) is 0 Å². The van der Waals surface area contributed by atoms with Crippen LogP contribution in [-0.4, -0.2) is 85.1 Å². The topological polar surface area (TPSA) is 143 Å².